The Labute approximate surface area is 109 Å². The van der Waals surface area contributed by atoms with Crippen LogP contribution in [-0.4, -0.2) is 13.7 Å². The molecule has 0 heterocycles. The van der Waals surface area contributed by atoms with Crippen LogP contribution in [0.15, 0.2) is 0 Å². The highest BCUT2D eigenvalue weighted by atomic mass is 16.6. The zero-order chi connectivity index (χ0) is 13.1. The summed E-state index contributed by atoms with van der Waals surface area (Å²) in [6, 6.07) is 0. The van der Waals surface area contributed by atoms with Gasteiger partial charge < -0.3 is 9.57 Å². The molecule has 0 radical (unpaired) electrons. The van der Waals surface area contributed by atoms with Gasteiger partial charge in [0.25, 0.3) is 0 Å². The summed E-state index contributed by atoms with van der Waals surface area (Å²) in [7, 11) is 1.75. The number of methoxy groups -OCH3 is 1. The molecule has 3 heteroatoms. The Kier molecular flexibility index (Phi) is 4.25. The van der Waals surface area contributed by atoms with Crippen LogP contribution in [0.3, 0.4) is 0 Å². The third-order valence-electron chi connectivity index (χ3n) is 4.11. The first-order valence-electron chi connectivity index (χ1n) is 6.70. The fourth-order valence-electron chi connectivity index (χ4n) is 3.19. The maximum absolute atomic E-state index is 5.62. The van der Waals surface area contributed by atoms with Crippen LogP contribution in [0.5, 0.6) is 5.75 Å². The first-order chi connectivity index (χ1) is 8.70. The van der Waals surface area contributed by atoms with Crippen molar-refractivity contribution in [3.63, 3.8) is 0 Å². The SMILES string of the molecule is COc1c(C)c2c(c(C)c1CCON)CCCC2. The van der Waals surface area contributed by atoms with E-state index in [-0.39, 0.29) is 0 Å². The lowest BCUT2D eigenvalue weighted by atomic mass is 9.82. The minimum atomic E-state index is 0.537. The normalized spacial score (nSPS) is 14.4. The van der Waals surface area contributed by atoms with Crippen LogP contribution in [0, 0.1) is 13.8 Å². The van der Waals surface area contributed by atoms with Crippen LogP contribution in [0.4, 0.5) is 0 Å². The van der Waals surface area contributed by atoms with E-state index < -0.39 is 0 Å². The molecule has 2 N–H and O–H groups in total. The van der Waals surface area contributed by atoms with E-state index in [1.54, 1.807) is 7.11 Å². The van der Waals surface area contributed by atoms with Gasteiger partial charge in [-0.2, -0.15) is 0 Å². The number of rotatable bonds is 4. The van der Waals surface area contributed by atoms with Crippen LogP contribution < -0.4 is 10.6 Å². The van der Waals surface area contributed by atoms with E-state index in [1.165, 1.54) is 53.5 Å². The Morgan fingerprint density at radius 3 is 2.22 bits per heavy atom. The van der Waals surface area contributed by atoms with Crippen LogP contribution >= 0.6 is 0 Å². The van der Waals surface area contributed by atoms with Crippen molar-refractivity contribution in [1.29, 1.82) is 0 Å². The molecule has 18 heavy (non-hydrogen) atoms. The molecule has 0 amide bonds. The zero-order valence-electron chi connectivity index (χ0n) is 11.6. The summed E-state index contributed by atoms with van der Waals surface area (Å²) in [4.78, 5) is 4.73. The van der Waals surface area contributed by atoms with Crippen molar-refractivity contribution in [3.8, 4) is 5.75 Å². The van der Waals surface area contributed by atoms with Gasteiger partial charge in [-0.25, -0.2) is 5.90 Å². The zero-order valence-corrected chi connectivity index (χ0v) is 11.6. The third kappa shape index (κ3) is 2.25. The number of fused-ring (bicyclic) bond motifs is 1. The summed E-state index contributed by atoms with van der Waals surface area (Å²) in [5.74, 6) is 6.19. The van der Waals surface area contributed by atoms with Crippen molar-refractivity contribution in [1.82, 2.24) is 0 Å². The molecule has 1 aliphatic rings. The predicted molar refractivity (Wildman–Crippen MR) is 73.0 cm³/mol. The Morgan fingerprint density at radius 2 is 1.67 bits per heavy atom. The van der Waals surface area contributed by atoms with Gasteiger partial charge in [0.15, 0.2) is 0 Å². The number of hydrogen-bond acceptors (Lipinski definition) is 3. The maximum Gasteiger partial charge on any atom is 0.125 e. The Morgan fingerprint density at radius 1 is 1.06 bits per heavy atom. The Hall–Kier alpha value is -1.06. The molecule has 0 saturated carbocycles. The van der Waals surface area contributed by atoms with Crippen molar-refractivity contribution < 1.29 is 9.57 Å². The summed E-state index contributed by atoms with van der Waals surface area (Å²) in [5, 5.41) is 0. The molecule has 100 valence electrons. The maximum atomic E-state index is 5.62. The summed E-state index contributed by atoms with van der Waals surface area (Å²) >= 11 is 0. The van der Waals surface area contributed by atoms with Gasteiger partial charge in [-0.1, -0.05) is 0 Å². The van der Waals surface area contributed by atoms with Gasteiger partial charge in [0, 0.05) is 6.42 Å². The van der Waals surface area contributed by atoms with E-state index in [0.717, 1.165) is 12.2 Å². The van der Waals surface area contributed by atoms with E-state index in [9.17, 15) is 0 Å². The number of ether oxygens (including phenoxy) is 1. The second kappa shape index (κ2) is 5.72. The second-order valence-electron chi connectivity index (χ2n) is 5.05. The molecule has 1 aromatic carbocycles. The molecule has 0 unspecified atom stereocenters. The average Bonchev–Trinajstić information content (AvgIpc) is 2.41. The van der Waals surface area contributed by atoms with Crippen LogP contribution in [0.1, 0.15) is 40.7 Å². The van der Waals surface area contributed by atoms with E-state index in [0.29, 0.717) is 6.61 Å². The van der Waals surface area contributed by atoms with Gasteiger partial charge in [-0.05, 0) is 67.3 Å². The highest BCUT2D eigenvalue weighted by molar-refractivity contribution is 5.55. The van der Waals surface area contributed by atoms with Gasteiger partial charge >= 0.3 is 0 Å². The lowest BCUT2D eigenvalue weighted by Gasteiger charge is -2.25. The standard InChI is InChI=1S/C15H23NO2/c1-10-12-6-4-5-7-13(12)11(2)15(17-3)14(10)8-9-18-16/h4-9,16H2,1-3H3. The predicted octanol–water partition coefficient (Wildman–Crippen LogP) is 2.62. The number of hydrogen-bond donors (Lipinski definition) is 1. The lowest BCUT2D eigenvalue weighted by Crippen LogP contribution is -2.13. The molecule has 0 fully saturated rings. The second-order valence-corrected chi connectivity index (χ2v) is 5.05. The van der Waals surface area contributed by atoms with E-state index in [2.05, 4.69) is 13.8 Å². The lowest BCUT2D eigenvalue weighted by molar-refractivity contribution is 0.140. The molecule has 0 aliphatic heterocycles. The monoisotopic (exact) mass is 249 g/mol. The molecule has 0 atom stereocenters. The fraction of sp³-hybridized carbons (Fsp3) is 0.600. The van der Waals surface area contributed by atoms with Crippen molar-refractivity contribution >= 4 is 0 Å². The molecule has 1 aromatic rings. The highest BCUT2D eigenvalue weighted by Crippen LogP contribution is 2.37. The van der Waals surface area contributed by atoms with Gasteiger partial charge in [0.05, 0.1) is 13.7 Å². The molecule has 0 aromatic heterocycles. The van der Waals surface area contributed by atoms with Gasteiger partial charge in [-0.3, -0.25) is 0 Å². The molecule has 1 aliphatic carbocycles. The Balaban J connectivity index is 2.53. The molecule has 2 rings (SSSR count). The van der Waals surface area contributed by atoms with Crippen molar-refractivity contribution in [2.75, 3.05) is 13.7 Å². The van der Waals surface area contributed by atoms with Gasteiger partial charge in [0.1, 0.15) is 5.75 Å². The van der Waals surface area contributed by atoms with Crippen LogP contribution in [0.2, 0.25) is 0 Å². The summed E-state index contributed by atoms with van der Waals surface area (Å²) in [6.45, 7) is 4.92. The largest absolute Gasteiger partial charge is 0.496 e. The average molecular weight is 249 g/mol. The summed E-state index contributed by atoms with van der Waals surface area (Å²) < 4.78 is 5.62. The third-order valence-corrected chi connectivity index (χ3v) is 4.11. The van der Waals surface area contributed by atoms with Crippen LogP contribution in [-0.2, 0) is 24.1 Å². The van der Waals surface area contributed by atoms with Crippen molar-refractivity contribution in [2.24, 2.45) is 5.90 Å². The molecular formula is C15H23NO2. The minimum Gasteiger partial charge on any atom is -0.496 e. The van der Waals surface area contributed by atoms with Crippen LogP contribution in [0.25, 0.3) is 0 Å². The van der Waals surface area contributed by atoms with Crippen molar-refractivity contribution in [2.45, 2.75) is 46.0 Å². The fourth-order valence-corrected chi connectivity index (χ4v) is 3.19. The summed E-state index contributed by atoms with van der Waals surface area (Å²) in [5.41, 5.74) is 7.00. The molecule has 0 spiro atoms. The highest BCUT2D eigenvalue weighted by Gasteiger charge is 2.21. The first-order valence-corrected chi connectivity index (χ1v) is 6.70. The van der Waals surface area contributed by atoms with E-state index in [1.807, 2.05) is 0 Å². The summed E-state index contributed by atoms with van der Waals surface area (Å²) in [6.07, 6.45) is 5.79. The van der Waals surface area contributed by atoms with E-state index in [4.69, 9.17) is 15.5 Å². The molecular weight excluding hydrogens is 226 g/mol. The molecule has 0 saturated heterocycles. The smallest absolute Gasteiger partial charge is 0.125 e. The van der Waals surface area contributed by atoms with Gasteiger partial charge in [0.2, 0.25) is 0 Å². The first kappa shape index (κ1) is 13.4. The Bertz CT molecular complexity index is 441. The minimum absolute atomic E-state index is 0.537. The molecule has 0 bridgehead atoms. The topological polar surface area (TPSA) is 44.5 Å². The quantitative estimate of drug-likeness (QED) is 0.834. The van der Waals surface area contributed by atoms with Crippen molar-refractivity contribution in [3.05, 3.63) is 27.8 Å². The molecule has 3 nitrogen and oxygen atoms in total. The van der Waals surface area contributed by atoms with E-state index >= 15 is 0 Å². The van der Waals surface area contributed by atoms with Gasteiger partial charge in [-0.15, -0.1) is 0 Å². The number of nitrogens with two attached hydrogens (primary N) is 1. The number of benzene rings is 1.